The molecule has 0 atom stereocenters. The molecule has 1 N–H and O–H groups in total. The van der Waals surface area contributed by atoms with Gasteiger partial charge in [-0.2, -0.15) is 0 Å². The molecule has 1 aromatic rings. The number of rotatable bonds is 3. The van der Waals surface area contributed by atoms with Crippen molar-refractivity contribution in [1.82, 2.24) is 9.97 Å². The Balaban J connectivity index is 1.85. The Morgan fingerprint density at radius 1 is 1.21 bits per heavy atom. The number of nitrogens with one attached hydrogen (secondary N) is 1. The molecule has 2 saturated carbocycles. The minimum Gasteiger partial charge on any atom is -0.367 e. The van der Waals surface area contributed by atoms with E-state index < -0.39 is 0 Å². The number of hydrogen-bond acceptors (Lipinski definition) is 3. The van der Waals surface area contributed by atoms with Gasteiger partial charge in [-0.15, -0.1) is 0 Å². The molecular weight excluding hydrogens is 242 g/mol. The highest BCUT2D eigenvalue weighted by Crippen LogP contribution is 2.39. The highest BCUT2D eigenvalue weighted by molar-refractivity contribution is 9.10. The van der Waals surface area contributed by atoms with Crippen LogP contribution in [0.4, 0.5) is 5.82 Å². The van der Waals surface area contributed by atoms with Crippen LogP contribution in [0.25, 0.3) is 0 Å². The molecule has 3 rings (SSSR count). The van der Waals surface area contributed by atoms with Gasteiger partial charge in [-0.25, -0.2) is 9.97 Å². The number of hydrogen-bond donors (Lipinski definition) is 1. The summed E-state index contributed by atoms with van der Waals surface area (Å²) in [7, 11) is 0. The van der Waals surface area contributed by atoms with Crippen molar-refractivity contribution in [1.29, 1.82) is 0 Å². The molecule has 2 aliphatic rings. The molecule has 0 radical (unpaired) electrons. The van der Waals surface area contributed by atoms with Crippen LogP contribution < -0.4 is 5.32 Å². The quantitative estimate of drug-likeness (QED) is 0.842. The average molecular weight is 254 g/mol. The maximum atomic E-state index is 4.52. The van der Waals surface area contributed by atoms with E-state index >= 15 is 0 Å². The largest absolute Gasteiger partial charge is 0.367 e. The van der Waals surface area contributed by atoms with E-state index in [0.29, 0.717) is 12.0 Å². The Bertz CT molecular complexity index is 358. The maximum absolute atomic E-state index is 4.52. The first kappa shape index (κ1) is 8.65. The summed E-state index contributed by atoms with van der Waals surface area (Å²) in [5, 5.41) is 3.40. The van der Waals surface area contributed by atoms with Crippen LogP contribution in [0.1, 0.15) is 37.4 Å². The maximum Gasteiger partial charge on any atom is 0.135 e. The van der Waals surface area contributed by atoms with Gasteiger partial charge < -0.3 is 5.32 Å². The Morgan fingerprint density at radius 3 is 2.64 bits per heavy atom. The fraction of sp³-hybridized carbons (Fsp3) is 0.600. The Hall–Kier alpha value is -0.640. The summed E-state index contributed by atoms with van der Waals surface area (Å²) in [6, 6.07) is 2.62. The van der Waals surface area contributed by atoms with Gasteiger partial charge in [-0.3, -0.25) is 0 Å². The van der Waals surface area contributed by atoms with Gasteiger partial charge in [0.1, 0.15) is 16.2 Å². The standard InChI is InChI=1S/C10H12BrN3/c11-8-5-9(12-7-3-4-7)14-10(13-8)6-1-2-6/h5-7H,1-4H2,(H,12,13,14). The summed E-state index contributed by atoms with van der Waals surface area (Å²) in [6.45, 7) is 0. The normalized spacial score (nSPS) is 20.9. The van der Waals surface area contributed by atoms with Crippen LogP contribution in [-0.4, -0.2) is 16.0 Å². The zero-order valence-electron chi connectivity index (χ0n) is 7.83. The first-order chi connectivity index (χ1) is 6.81. The minimum atomic E-state index is 0.618. The number of halogens is 1. The second-order valence-corrected chi connectivity index (χ2v) is 4.94. The molecule has 74 valence electrons. The van der Waals surface area contributed by atoms with Gasteiger partial charge in [0.15, 0.2) is 0 Å². The average Bonchev–Trinajstić information content (AvgIpc) is 2.99. The van der Waals surface area contributed by atoms with E-state index in [-0.39, 0.29) is 0 Å². The Morgan fingerprint density at radius 2 is 2.00 bits per heavy atom. The smallest absolute Gasteiger partial charge is 0.135 e. The van der Waals surface area contributed by atoms with E-state index in [1.807, 2.05) is 6.07 Å². The molecule has 2 fully saturated rings. The summed E-state index contributed by atoms with van der Waals surface area (Å²) < 4.78 is 0.901. The predicted octanol–water partition coefficient (Wildman–Crippen LogP) is 2.69. The summed E-state index contributed by atoms with van der Waals surface area (Å²) in [5.74, 6) is 2.60. The zero-order chi connectivity index (χ0) is 9.54. The van der Waals surface area contributed by atoms with E-state index in [1.54, 1.807) is 0 Å². The van der Waals surface area contributed by atoms with Crippen molar-refractivity contribution in [3.63, 3.8) is 0 Å². The molecule has 2 aliphatic carbocycles. The molecule has 0 amide bonds. The van der Waals surface area contributed by atoms with Crippen LogP contribution >= 0.6 is 15.9 Å². The van der Waals surface area contributed by atoms with E-state index in [2.05, 4.69) is 31.2 Å². The van der Waals surface area contributed by atoms with Crippen LogP contribution in [0.3, 0.4) is 0 Å². The Labute approximate surface area is 91.5 Å². The summed E-state index contributed by atoms with van der Waals surface area (Å²) in [4.78, 5) is 8.91. The van der Waals surface area contributed by atoms with Crippen molar-refractivity contribution >= 4 is 21.7 Å². The predicted molar refractivity (Wildman–Crippen MR) is 58.4 cm³/mol. The van der Waals surface area contributed by atoms with Crippen molar-refractivity contribution in [2.24, 2.45) is 0 Å². The van der Waals surface area contributed by atoms with E-state index in [4.69, 9.17) is 0 Å². The highest BCUT2D eigenvalue weighted by Gasteiger charge is 2.28. The van der Waals surface area contributed by atoms with Crippen molar-refractivity contribution in [2.45, 2.75) is 37.6 Å². The van der Waals surface area contributed by atoms with Gasteiger partial charge in [0, 0.05) is 18.0 Å². The lowest BCUT2D eigenvalue weighted by molar-refractivity contribution is 0.910. The topological polar surface area (TPSA) is 37.8 Å². The van der Waals surface area contributed by atoms with E-state index in [1.165, 1.54) is 25.7 Å². The third-order valence-electron chi connectivity index (χ3n) is 2.58. The van der Waals surface area contributed by atoms with Crippen LogP contribution in [0.5, 0.6) is 0 Å². The molecule has 3 nitrogen and oxygen atoms in total. The molecular formula is C10H12BrN3. The summed E-state index contributed by atoms with van der Waals surface area (Å²) in [6.07, 6.45) is 5.05. The molecule has 1 heterocycles. The molecule has 0 aliphatic heterocycles. The van der Waals surface area contributed by atoms with Crippen molar-refractivity contribution < 1.29 is 0 Å². The number of aromatic nitrogens is 2. The van der Waals surface area contributed by atoms with Crippen LogP contribution in [0.15, 0.2) is 10.7 Å². The monoisotopic (exact) mass is 253 g/mol. The van der Waals surface area contributed by atoms with Crippen molar-refractivity contribution in [3.05, 3.63) is 16.5 Å². The number of anilines is 1. The van der Waals surface area contributed by atoms with Gasteiger partial charge in [0.2, 0.25) is 0 Å². The third-order valence-corrected chi connectivity index (χ3v) is 2.99. The highest BCUT2D eigenvalue weighted by atomic mass is 79.9. The van der Waals surface area contributed by atoms with Gasteiger partial charge in [-0.05, 0) is 41.6 Å². The SMILES string of the molecule is Brc1cc(NC2CC2)nc(C2CC2)n1. The molecule has 0 aromatic carbocycles. The van der Waals surface area contributed by atoms with Gasteiger partial charge >= 0.3 is 0 Å². The lowest BCUT2D eigenvalue weighted by Gasteiger charge is -2.05. The molecule has 4 heteroatoms. The zero-order valence-corrected chi connectivity index (χ0v) is 9.42. The number of nitrogens with zero attached hydrogens (tertiary/aromatic N) is 2. The first-order valence-corrected chi connectivity index (χ1v) is 5.91. The molecule has 0 saturated heterocycles. The fourth-order valence-corrected chi connectivity index (χ4v) is 1.87. The van der Waals surface area contributed by atoms with Crippen LogP contribution in [-0.2, 0) is 0 Å². The third kappa shape index (κ3) is 1.90. The van der Waals surface area contributed by atoms with Crippen LogP contribution in [0, 0.1) is 0 Å². The lowest BCUT2D eigenvalue weighted by Crippen LogP contribution is -2.05. The molecule has 0 spiro atoms. The lowest BCUT2D eigenvalue weighted by atomic mass is 10.4. The molecule has 14 heavy (non-hydrogen) atoms. The first-order valence-electron chi connectivity index (χ1n) is 5.12. The van der Waals surface area contributed by atoms with Gasteiger partial charge in [-0.1, -0.05) is 0 Å². The van der Waals surface area contributed by atoms with Gasteiger partial charge in [0.05, 0.1) is 0 Å². The second-order valence-electron chi connectivity index (χ2n) is 4.13. The summed E-state index contributed by atoms with van der Waals surface area (Å²) >= 11 is 3.43. The fourth-order valence-electron chi connectivity index (χ4n) is 1.47. The van der Waals surface area contributed by atoms with Crippen molar-refractivity contribution in [3.8, 4) is 0 Å². The second kappa shape index (κ2) is 3.19. The molecule has 0 unspecified atom stereocenters. The van der Waals surface area contributed by atoms with E-state index in [0.717, 1.165) is 16.2 Å². The van der Waals surface area contributed by atoms with Crippen molar-refractivity contribution in [2.75, 3.05) is 5.32 Å². The molecule has 1 aromatic heterocycles. The van der Waals surface area contributed by atoms with E-state index in [9.17, 15) is 0 Å². The molecule has 0 bridgehead atoms. The Kier molecular flexibility index (Phi) is 1.97. The minimum absolute atomic E-state index is 0.618. The summed E-state index contributed by atoms with van der Waals surface area (Å²) in [5.41, 5.74) is 0. The van der Waals surface area contributed by atoms with Gasteiger partial charge in [0.25, 0.3) is 0 Å². The van der Waals surface area contributed by atoms with Crippen LogP contribution in [0.2, 0.25) is 0 Å².